The fraction of sp³-hybridized carbons (Fsp3) is 0.556. The zero-order chi connectivity index (χ0) is 12.7. The molecule has 0 aliphatic carbocycles. The Kier molecular flexibility index (Phi) is 5.94. The van der Waals surface area contributed by atoms with Crippen molar-refractivity contribution in [3.8, 4) is 0 Å². The van der Waals surface area contributed by atoms with E-state index >= 15 is 0 Å². The van der Waals surface area contributed by atoms with Crippen molar-refractivity contribution in [2.75, 3.05) is 0 Å². The summed E-state index contributed by atoms with van der Waals surface area (Å²) >= 11 is 0. The van der Waals surface area contributed by atoms with Crippen LogP contribution in [0, 0.1) is 0 Å². The Bertz CT molecular complexity index is 311. The van der Waals surface area contributed by atoms with Crippen LogP contribution in [0.4, 0.5) is 0 Å². The van der Waals surface area contributed by atoms with Gasteiger partial charge in [-0.25, -0.2) is 4.79 Å². The lowest BCUT2D eigenvalue weighted by Crippen LogP contribution is -2.34. The highest BCUT2D eigenvalue weighted by atomic mass is 16.6. The van der Waals surface area contributed by atoms with Gasteiger partial charge in [-0.2, -0.15) is 0 Å². The minimum atomic E-state index is -1.09. The third-order valence-electron chi connectivity index (χ3n) is 1.46. The average Bonchev–Trinajstić information content (AvgIpc) is 2.11. The maximum atomic E-state index is 11.0. The first-order valence-corrected chi connectivity index (χ1v) is 4.52. The first kappa shape index (κ1) is 14.2. The summed E-state index contributed by atoms with van der Waals surface area (Å²) in [5, 5.41) is 0. The second-order valence-electron chi connectivity index (χ2n) is 3.02. The lowest BCUT2D eigenvalue weighted by Gasteiger charge is -2.08. The summed E-state index contributed by atoms with van der Waals surface area (Å²) in [7, 11) is 0. The van der Waals surface area contributed by atoms with E-state index in [1.807, 2.05) is 0 Å². The molecule has 0 fully saturated rings. The van der Waals surface area contributed by atoms with Crippen molar-refractivity contribution in [3.63, 3.8) is 0 Å². The molecule has 2 N–H and O–H groups in total. The smallest absolute Gasteiger partial charge is 0.330 e. The predicted octanol–water partition coefficient (Wildman–Crippen LogP) is -0.727. The summed E-state index contributed by atoms with van der Waals surface area (Å²) in [5.41, 5.74) is 5.33. The van der Waals surface area contributed by atoms with E-state index in [1.54, 1.807) is 0 Å². The summed E-state index contributed by atoms with van der Waals surface area (Å²) in [5.74, 6) is -3.20. The molecular formula is C9H13NO6. The van der Waals surface area contributed by atoms with Crippen molar-refractivity contribution in [3.05, 3.63) is 0 Å². The van der Waals surface area contributed by atoms with Crippen LogP contribution in [0.5, 0.6) is 0 Å². The minimum absolute atomic E-state index is 0.0573. The van der Waals surface area contributed by atoms with E-state index < -0.39 is 29.9 Å². The molecule has 0 aliphatic heterocycles. The van der Waals surface area contributed by atoms with Crippen LogP contribution in [0.15, 0.2) is 0 Å². The molecule has 16 heavy (non-hydrogen) atoms. The number of rotatable bonds is 4. The van der Waals surface area contributed by atoms with Crippen LogP contribution < -0.4 is 5.73 Å². The lowest BCUT2D eigenvalue weighted by atomic mass is 10.2. The van der Waals surface area contributed by atoms with Gasteiger partial charge < -0.3 is 15.2 Å². The van der Waals surface area contributed by atoms with Crippen molar-refractivity contribution >= 4 is 23.9 Å². The Hall–Kier alpha value is -1.76. The molecule has 7 nitrogen and oxygen atoms in total. The molecule has 0 aliphatic rings. The van der Waals surface area contributed by atoms with Crippen LogP contribution in [0.1, 0.15) is 26.7 Å². The van der Waals surface area contributed by atoms with Crippen molar-refractivity contribution in [2.24, 2.45) is 5.73 Å². The summed E-state index contributed by atoms with van der Waals surface area (Å²) in [6, 6.07) is -1.09. The zero-order valence-corrected chi connectivity index (χ0v) is 9.02. The van der Waals surface area contributed by atoms with Gasteiger partial charge in [0.1, 0.15) is 6.04 Å². The summed E-state index contributed by atoms with van der Waals surface area (Å²) < 4.78 is 8.41. The van der Waals surface area contributed by atoms with Crippen LogP contribution in [0.2, 0.25) is 0 Å². The van der Waals surface area contributed by atoms with Crippen molar-refractivity contribution < 1.29 is 28.7 Å². The van der Waals surface area contributed by atoms with Gasteiger partial charge in [0.05, 0.1) is 0 Å². The maximum Gasteiger partial charge on any atom is 0.330 e. The first-order valence-electron chi connectivity index (χ1n) is 4.52. The molecule has 0 spiro atoms. The first-order chi connectivity index (χ1) is 7.32. The maximum absolute atomic E-state index is 11.0. The molecule has 0 aromatic heterocycles. The monoisotopic (exact) mass is 231 g/mol. The number of hydrogen-bond acceptors (Lipinski definition) is 7. The topological polar surface area (TPSA) is 113 Å². The van der Waals surface area contributed by atoms with E-state index in [9.17, 15) is 19.2 Å². The SMILES string of the molecule is CC(=O)OC(=O)CC[C@H](N)C(=O)OC(C)=O. The Morgan fingerprint density at radius 3 is 2.00 bits per heavy atom. The summed E-state index contributed by atoms with van der Waals surface area (Å²) in [6.45, 7) is 2.15. The van der Waals surface area contributed by atoms with Gasteiger partial charge >= 0.3 is 23.9 Å². The van der Waals surface area contributed by atoms with E-state index in [0.717, 1.165) is 13.8 Å². The Labute approximate surface area is 91.9 Å². The third kappa shape index (κ3) is 6.66. The molecule has 90 valence electrons. The normalized spacial score (nSPS) is 11.4. The van der Waals surface area contributed by atoms with Crippen LogP contribution in [-0.4, -0.2) is 29.9 Å². The molecule has 0 saturated heterocycles. The van der Waals surface area contributed by atoms with Crippen molar-refractivity contribution in [1.82, 2.24) is 0 Å². The molecular weight excluding hydrogens is 218 g/mol. The number of nitrogens with two attached hydrogens (primary N) is 1. The quantitative estimate of drug-likeness (QED) is 0.501. The van der Waals surface area contributed by atoms with Gasteiger partial charge in [-0.3, -0.25) is 14.4 Å². The Balaban J connectivity index is 3.92. The van der Waals surface area contributed by atoms with E-state index in [2.05, 4.69) is 9.47 Å². The minimum Gasteiger partial charge on any atom is -0.393 e. The van der Waals surface area contributed by atoms with Gasteiger partial charge in [0.2, 0.25) is 0 Å². The van der Waals surface area contributed by atoms with E-state index in [-0.39, 0.29) is 12.8 Å². The van der Waals surface area contributed by atoms with Gasteiger partial charge in [0, 0.05) is 20.3 Å². The molecule has 0 aromatic carbocycles. The number of carbonyl (C=O) groups is 4. The summed E-state index contributed by atoms with van der Waals surface area (Å²) in [6.07, 6.45) is -0.258. The van der Waals surface area contributed by atoms with Crippen molar-refractivity contribution in [1.29, 1.82) is 0 Å². The summed E-state index contributed by atoms with van der Waals surface area (Å²) in [4.78, 5) is 42.7. The van der Waals surface area contributed by atoms with Crippen LogP contribution in [0.3, 0.4) is 0 Å². The molecule has 0 amide bonds. The molecule has 0 saturated carbocycles. The molecule has 7 heteroatoms. The molecule has 0 aromatic rings. The molecule has 0 heterocycles. The van der Waals surface area contributed by atoms with Crippen LogP contribution in [-0.2, 0) is 28.7 Å². The predicted molar refractivity (Wildman–Crippen MR) is 50.8 cm³/mol. The molecule has 0 radical (unpaired) electrons. The van der Waals surface area contributed by atoms with E-state index in [1.165, 1.54) is 0 Å². The number of hydrogen-bond donors (Lipinski definition) is 1. The standard InChI is InChI=1S/C9H13NO6/c1-5(11)15-8(13)4-3-7(10)9(14)16-6(2)12/h7H,3-4,10H2,1-2H3/t7-/m0/s1. The molecule has 0 rings (SSSR count). The van der Waals surface area contributed by atoms with Gasteiger partial charge in [-0.1, -0.05) is 0 Å². The molecule has 0 unspecified atom stereocenters. The van der Waals surface area contributed by atoms with Gasteiger partial charge in [-0.05, 0) is 6.42 Å². The molecule has 0 bridgehead atoms. The van der Waals surface area contributed by atoms with Crippen LogP contribution >= 0.6 is 0 Å². The van der Waals surface area contributed by atoms with Gasteiger partial charge in [-0.15, -0.1) is 0 Å². The Morgan fingerprint density at radius 2 is 1.56 bits per heavy atom. The second-order valence-corrected chi connectivity index (χ2v) is 3.02. The molecule has 1 atom stereocenters. The van der Waals surface area contributed by atoms with E-state index in [0.29, 0.717) is 0 Å². The van der Waals surface area contributed by atoms with Crippen molar-refractivity contribution in [2.45, 2.75) is 32.7 Å². The highest BCUT2D eigenvalue weighted by Crippen LogP contribution is 1.99. The highest BCUT2D eigenvalue weighted by Gasteiger charge is 2.19. The lowest BCUT2D eigenvalue weighted by molar-refractivity contribution is -0.159. The highest BCUT2D eigenvalue weighted by molar-refractivity contribution is 5.88. The fourth-order valence-corrected chi connectivity index (χ4v) is 0.820. The van der Waals surface area contributed by atoms with Gasteiger partial charge in [0.15, 0.2) is 0 Å². The average molecular weight is 231 g/mol. The third-order valence-corrected chi connectivity index (χ3v) is 1.46. The van der Waals surface area contributed by atoms with Gasteiger partial charge in [0.25, 0.3) is 0 Å². The van der Waals surface area contributed by atoms with E-state index in [4.69, 9.17) is 5.73 Å². The second kappa shape index (κ2) is 6.67. The largest absolute Gasteiger partial charge is 0.393 e. The van der Waals surface area contributed by atoms with Crippen LogP contribution in [0.25, 0.3) is 0 Å². The number of esters is 4. The number of ether oxygens (including phenoxy) is 2. The zero-order valence-electron chi connectivity index (χ0n) is 9.02. The fourth-order valence-electron chi connectivity index (χ4n) is 0.820. The Morgan fingerprint density at radius 1 is 1.06 bits per heavy atom. The number of carbonyl (C=O) groups excluding carboxylic acids is 4.